The van der Waals surface area contributed by atoms with Crippen molar-refractivity contribution in [3.05, 3.63) is 28.8 Å². The standard InChI is InChI=1S/C14H17ClN2O2S/c15-9-5-6-11(12(18)7-9)14(19)17(8-13(16)20)10-3-1-2-4-10/h5-7,10,18H,1-4,8H2,(H2,16,20). The molecule has 20 heavy (non-hydrogen) atoms. The lowest BCUT2D eigenvalue weighted by atomic mass is 10.1. The third kappa shape index (κ3) is 3.41. The first-order chi connectivity index (χ1) is 9.49. The number of benzene rings is 1. The van der Waals surface area contributed by atoms with Crippen LogP contribution in [0.15, 0.2) is 18.2 Å². The first-order valence-electron chi connectivity index (χ1n) is 6.57. The summed E-state index contributed by atoms with van der Waals surface area (Å²) in [4.78, 5) is 14.5. The summed E-state index contributed by atoms with van der Waals surface area (Å²) < 4.78 is 0. The van der Waals surface area contributed by atoms with Gasteiger partial charge in [0.25, 0.3) is 5.91 Å². The molecular formula is C14H17ClN2O2S. The van der Waals surface area contributed by atoms with E-state index in [0.717, 1.165) is 25.7 Å². The minimum atomic E-state index is -0.251. The van der Waals surface area contributed by atoms with Gasteiger partial charge in [-0.15, -0.1) is 0 Å². The van der Waals surface area contributed by atoms with Gasteiger partial charge in [-0.1, -0.05) is 36.7 Å². The van der Waals surface area contributed by atoms with Crippen LogP contribution in [0.25, 0.3) is 0 Å². The molecule has 4 nitrogen and oxygen atoms in total. The molecule has 0 aromatic heterocycles. The smallest absolute Gasteiger partial charge is 0.258 e. The number of phenolic OH excluding ortho intramolecular Hbond substituents is 1. The first kappa shape index (κ1) is 15.1. The summed E-state index contributed by atoms with van der Waals surface area (Å²) in [5.74, 6) is -0.368. The molecule has 0 spiro atoms. The highest BCUT2D eigenvalue weighted by Gasteiger charge is 2.29. The molecule has 0 heterocycles. The second kappa shape index (κ2) is 6.41. The number of thiocarbonyl (C=S) groups is 1. The van der Waals surface area contributed by atoms with Crippen LogP contribution in [0.2, 0.25) is 5.02 Å². The van der Waals surface area contributed by atoms with Crippen LogP contribution in [0.4, 0.5) is 0 Å². The van der Waals surface area contributed by atoms with Gasteiger partial charge in [0, 0.05) is 11.1 Å². The molecule has 0 unspecified atom stereocenters. The Labute approximate surface area is 128 Å². The van der Waals surface area contributed by atoms with Gasteiger partial charge in [-0.2, -0.15) is 0 Å². The Bertz CT molecular complexity index is 530. The Morgan fingerprint density at radius 3 is 2.65 bits per heavy atom. The van der Waals surface area contributed by atoms with Gasteiger partial charge in [-0.25, -0.2) is 0 Å². The number of phenols is 1. The van der Waals surface area contributed by atoms with Crippen LogP contribution in [0.1, 0.15) is 36.0 Å². The Morgan fingerprint density at radius 2 is 2.10 bits per heavy atom. The molecule has 1 fully saturated rings. The predicted molar refractivity (Wildman–Crippen MR) is 83.2 cm³/mol. The molecule has 1 aromatic carbocycles. The Hall–Kier alpha value is -1.33. The lowest BCUT2D eigenvalue weighted by Crippen LogP contribution is -2.43. The molecule has 1 amide bonds. The second-order valence-corrected chi connectivity index (χ2v) is 5.96. The number of nitrogens with zero attached hydrogens (tertiary/aromatic N) is 1. The normalized spacial score (nSPS) is 15.2. The Kier molecular flexibility index (Phi) is 4.83. The zero-order chi connectivity index (χ0) is 14.7. The molecule has 0 aliphatic heterocycles. The van der Waals surface area contributed by atoms with Crippen LogP contribution >= 0.6 is 23.8 Å². The third-order valence-electron chi connectivity index (χ3n) is 3.54. The number of aromatic hydroxyl groups is 1. The van der Waals surface area contributed by atoms with E-state index in [2.05, 4.69) is 0 Å². The van der Waals surface area contributed by atoms with Crippen LogP contribution in [-0.4, -0.2) is 33.5 Å². The maximum atomic E-state index is 12.6. The van der Waals surface area contributed by atoms with Crippen LogP contribution in [0.3, 0.4) is 0 Å². The molecule has 0 atom stereocenters. The fourth-order valence-corrected chi connectivity index (χ4v) is 2.90. The van der Waals surface area contributed by atoms with Crippen LogP contribution in [0, 0.1) is 0 Å². The molecule has 2 rings (SSSR count). The van der Waals surface area contributed by atoms with E-state index >= 15 is 0 Å². The van der Waals surface area contributed by atoms with E-state index in [4.69, 9.17) is 29.6 Å². The van der Waals surface area contributed by atoms with Gasteiger partial charge in [-0.05, 0) is 31.0 Å². The van der Waals surface area contributed by atoms with Crippen LogP contribution < -0.4 is 5.73 Å². The summed E-state index contributed by atoms with van der Waals surface area (Å²) in [7, 11) is 0. The van der Waals surface area contributed by atoms with Crippen molar-refractivity contribution in [2.45, 2.75) is 31.7 Å². The number of nitrogens with two attached hydrogens (primary N) is 1. The fraction of sp³-hybridized carbons (Fsp3) is 0.429. The summed E-state index contributed by atoms with van der Waals surface area (Å²) >= 11 is 10.7. The van der Waals surface area contributed by atoms with E-state index in [1.807, 2.05) is 0 Å². The van der Waals surface area contributed by atoms with Gasteiger partial charge in [0.1, 0.15) is 5.75 Å². The average molecular weight is 313 g/mol. The minimum absolute atomic E-state index is 0.117. The van der Waals surface area contributed by atoms with Crippen molar-refractivity contribution < 1.29 is 9.90 Å². The number of hydrogen-bond acceptors (Lipinski definition) is 3. The van der Waals surface area contributed by atoms with Gasteiger partial charge >= 0.3 is 0 Å². The predicted octanol–water partition coefficient (Wildman–Crippen LogP) is 2.72. The largest absolute Gasteiger partial charge is 0.507 e. The average Bonchev–Trinajstić information content (AvgIpc) is 2.88. The molecule has 1 saturated carbocycles. The zero-order valence-corrected chi connectivity index (χ0v) is 12.6. The quantitative estimate of drug-likeness (QED) is 0.839. The lowest BCUT2D eigenvalue weighted by Gasteiger charge is -2.28. The fourth-order valence-electron chi connectivity index (χ4n) is 2.59. The Morgan fingerprint density at radius 1 is 1.45 bits per heavy atom. The number of carbonyl (C=O) groups excluding carboxylic acids is 1. The van der Waals surface area contributed by atoms with Crippen molar-refractivity contribution in [3.8, 4) is 5.75 Å². The molecule has 1 aliphatic rings. The maximum absolute atomic E-state index is 12.6. The van der Waals surface area contributed by atoms with E-state index in [9.17, 15) is 9.90 Å². The van der Waals surface area contributed by atoms with Crippen molar-refractivity contribution in [1.29, 1.82) is 0 Å². The monoisotopic (exact) mass is 312 g/mol. The number of hydrogen-bond donors (Lipinski definition) is 2. The molecule has 108 valence electrons. The summed E-state index contributed by atoms with van der Waals surface area (Å²) in [6, 6.07) is 4.62. The number of amides is 1. The highest BCUT2D eigenvalue weighted by molar-refractivity contribution is 7.80. The van der Waals surface area contributed by atoms with E-state index in [1.54, 1.807) is 11.0 Å². The number of carbonyl (C=O) groups is 1. The van der Waals surface area contributed by atoms with E-state index in [0.29, 0.717) is 5.02 Å². The van der Waals surface area contributed by atoms with Crippen LogP contribution in [-0.2, 0) is 0 Å². The van der Waals surface area contributed by atoms with Crippen molar-refractivity contribution >= 4 is 34.7 Å². The van der Waals surface area contributed by atoms with Crippen molar-refractivity contribution in [2.75, 3.05) is 6.54 Å². The molecule has 6 heteroatoms. The van der Waals surface area contributed by atoms with Gasteiger partial charge in [-0.3, -0.25) is 4.79 Å². The Balaban J connectivity index is 2.27. The van der Waals surface area contributed by atoms with E-state index < -0.39 is 0 Å². The number of halogens is 1. The van der Waals surface area contributed by atoms with Gasteiger partial charge in [0.2, 0.25) is 0 Å². The summed E-state index contributed by atoms with van der Waals surface area (Å²) in [6.45, 7) is 0.237. The van der Waals surface area contributed by atoms with Gasteiger partial charge in [0.05, 0.1) is 17.1 Å². The second-order valence-electron chi connectivity index (χ2n) is 5.00. The molecule has 1 aromatic rings. The molecular weight excluding hydrogens is 296 g/mol. The molecule has 0 bridgehead atoms. The van der Waals surface area contributed by atoms with E-state index in [-0.39, 0.29) is 34.8 Å². The number of rotatable bonds is 4. The van der Waals surface area contributed by atoms with Crippen molar-refractivity contribution in [3.63, 3.8) is 0 Å². The minimum Gasteiger partial charge on any atom is -0.507 e. The molecule has 0 radical (unpaired) electrons. The first-order valence-corrected chi connectivity index (χ1v) is 7.35. The lowest BCUT2D eigenvalue weighted by molar-refractivity contribution is 0.0711. The van der Waals surface area contributed by atoms with Gasteiger partial charge in [0.15, 0.2) is 0 Å². The summed E-state index contributed by atoms with van der Waals surface area (Å²) in [6.07, 6.45) is 4.09. The highest BCUT2D eigenvalue weighted by Crippen LogP contribution is 2.28. The van der Waals surface area contributed by atoms with Gasteiger partial charge < -0.3 is 15.7 Å². The maximum Gasteiger partial charge on any atom is 0.258 e. The topological polar surface area (TPSA) is 66.6 Å². The van der Waals surface area contributed by atoms with Crippen LogP contribution in [0.5, 0.6) is 5.75 Å². The third-order valence-corrected chi connectivity index (χ3v) is 3.91. The molecule has 1 aliphatic carbocycles. The van der Waals surface area contributed by atoms with Crippen molar-refractivity contribution in [2.24, 2.45) is 5.73 Å². The summed E-state index contributed by atoms with van der Waals surface area (Å²) in [5.41, 5.74) is 5.83. The zero-order valence-electron chi connectivity index (χ0n) is 11.0. The SMILES string of the molecule is NC(=S)CN(C(=O)c1ccc(Cl)cc1O)C1CCCC1. The molecule has 3 N–H and O–H groups in total. The summed E-state index contributed by atoms with van der Waals surface area (Å²) in [5, 5.41) is 10.3. The van der Waals surface area contributed by atoms with Crippen molar-refractivity contribution in [1.82, 2.24) is 4.90 Å². The van der Waals surface area contributed by atoms with E-state index in [1.165, 1.54) is 12.1 Å². The highest BCUT2D eigenvalue weighted by atomic mass is 35.5. The molecule has 0 saturated heterocycles.